The highest BCUT2D eigenvalue weighted by Crippen LogP contribution is 2.61. The van der Waals surface area contributed by atoms with Crippen LogP contribution < -0.4 is 29.7 Å². The predicted molar refractivity (Wildman–Crippen MR) is 155 cm³/mol. The van der Waals surface area contributed by atoms with Gasteiger partial charge in [-0.1, -0.05) is 37.5 Å². The number of hydrogen-bond donors (Lipinski definition) is 1. The first-order chi connectivity index (χ1) is 18.4. The van der Waals surface area contributed by atoms with Gasteiger partial charge in [-0.15, -0.1) is 0 Å². The lowest BCUT2D eigenvalue weighted by molar-refractivity contribution is 0.159. The van der Waals surface area contributed by atoms with E-state index < -0.39 is 13.2 Å². The molecule has 3 aromatic carbocycles. The van der Waals surface area contributed by atoms with E-state index in [2.05, 4.69) is 5.32 Å². The molecule has 38 heavy (non-hydrogen) atoms. The smallest absolute Gasteiger partial charge is 0.258 e. The number of ether oxygens (including phenoxy) is 3. The molecule has 0 unspecified atom stereocenters. The normalized spacial score (nSPS) is 16.2. The fourth-order valence-electron chi connectivity index (χ4n) is 4.94. The van der Waals surface area contributed by atoms with E-state index in [0.29, 0.717) is 22.6 Å². The quantitative estimate of drug-likeness (QED) is 0.268. The molecule has 4 rings (SSSR count). The third-order valence-electron chi connectivity index (χ3n) is 7.00. The standard InChI is InChI=1S/C30H39N2O5P/c1-32(2)24-16-18-26(19-17-24)38(33,37-25-14-10-7-11-15-25)30(31-23-12-8-6-9-13-23)22-20-27(34-3)29(36-5)28(21-22)35-4/h6,8-9,12-13,16-21,25,30-31H,7,10-11,14-15H2,1-5H3/t30-,38+/m1/s1. The number of methoxy groups -OCH3 is 3. The van der Waals surface area contributed by atoms with Crippen LogP contribution in [0.4, 0.5) is 11.4 Å². The monoisotopic (exact) mass is 538 g/mol. The Morgan fingerprint density at radius 1 is 0.842 bits per heavy atom. The van der Waals surface area contributed by atoms with Crippen LogP contribution in [0.3, 0.4) is 0 Å². The number of rotatable bonds is 11. The summed E-state index contributed by atoms with van der Waals surface area (Å²) in [6.07, 6.45) is 5.04. The topological polar surface area (TPSA) is 69.3 Å². The molecule has 0 amide bonds. The third-order valence-corrected chi connectivity index (χ3v) is 9.74. The van der Waals surface area contributed by atoms with E-state index in [4.69, 9.17) is 18.7 Å². The second-order valence-electron chi connectivity index (χ2n) is 9.74. The van der Waals surface area contributed by atoms with Crippen molar-refractivity contribution in [3.63, 3.8) is 0 Å². The van der Waals surface area contributed by atoms with Gasteiger partial charge in [0.25, 0.3) is 7.37 Å². The van der Waals surface area contributed by atoms with Crippen molar-refractivity contribution in [3.05, 3.63) is 72.3 Å². The van der Waals surface area contributed by atoms with Crippen LogP contribution in [0.1, 0.15) is 43.5 Å². The SMILES string of the molecule is COc1cc([C@H](Nc2ccccc2)[P@@](=O)(OC2CCCCC2)c2ccc(N(C)C)cc2)cc(OC)c1OC. The average Bonchev–Trinajstić information content (AvgIpc) is 2.96. The van der Waals surface area contributed by atoms with Crippen molar-refractivity contribution in [2.24, 2.45) is 0 Å². The van der Waals surface area contributed by atoms with Gasteiger partial charge in [-0.05, 0) is 66.9 Å². The summed E-state index contributed by atoms with van der Waals surface area (Å²) in [7, 11) is 5.16. The molecule has 0 aliphatic heterocycles. The molecule has 0 spiro atoms. The molecule has 7 nitrogen and oxygen atoms in total. The minimum atomic E-state index is -3.55. The van der Waals surface area contributed by atoms with Gasteiger partial charge < -0.3 is 29.0 Å². The van der Waals surface area contributed by atoms with Crippen molar-refractivity contribution in [2.75, 3.05) is 45.6 Å². The summed E-state index contributed by atoms with van der Waals surface area (Å²) in [5.74, 6) is 0.768. The van der Waals surface area contributed by atoms with E-state index in [1.807, 2.05) is 85.7 Å². The van der Waals surface area contributed by atoms with Gasteiger partial charge in [0.2, 0.25) is 5.75 Å². The zero-order valence-electron chi connectivity index (χ0n) is 23.0. The van der Waals surface area contributed by atoms with E-state index in [-0.39, 0.29) is 6.10 Å². The number of hydrogen-bond acceptors (Lipinski definition) is 7. The summed E-state index contributed by atoms with van der Waals surface area (Å²) in [5, 5.41) is 4.21. The fourth-order valence-corrected chi connectivity index (χ4v) is 7.56. The van der Waals surface area contributed by atoms with Crippen LogP contribution >= 0.6 is 7.37 Å². The van der Waals surface area contributed by atoms with Crippen molar-refractivity contribution >= 4 is 24.0 Å². The molecule has 1 aliphatic rings. The first-order valence-corrected chi connectivity index (χ1v) is 14.8. The molecule has 0 bridgehead atoms. The van der Waals surface area contributed by atoms with Crippen LogP contribution in [0.5, 0.6) is 17.2 Å². The Morgan fingerprint density at radius 2 is 1.45 bits per heavy atom. The second kappa shape index (κ2) is 12.6. The molecule has 1 N–H and O–H groups in total. The van der Waals surface area contributed by atoms with Crippen LogP contribution in [-0.2, 0) is 9.09 Å². The van der Waals surface area contributed by atoms with Crippen molar-refractivity contribution in [1.29, 1.82) is 0 Å². The Bertz CT molecular complexity index is 1200. The lowest BCUT2D eigenvalue weighted by Crippen LogP contribution is -2.25. The molecule has 8 heteroatoms. The van der Waals surface area contributed by atoms with Gasteiger partial charge in [-0.2, -0.15) is 0 Å². The molecule has 1 aliphatic carbocycles. The Hall–Kier alpha value is -3.15. The summed E-state index contributed by atoms with van der Waals surface area (Å²) in [5.41, 5.74) is 2.58. The van der Waals surface area contributed by atoms with Crippen LogP contribution in [0.15, 0.2) is 66.7 Å². The maximum absolute atomic E-state index is 15.4. The van der Waals surface area contributed by atoms with Gasteiger partial charge in [-0.3, -0.25) is 4.57 Å². The second-order valence-corrected chi connectivity index (χ2v) is 12.2. The Labute approximate surface area is 226 Å². The van der Waals surface area contributed by atoms with Gasteiger partial charge >= 0.3 is 0 Å². The number of para-hydroxylation sites is 1. The van der Waals surface area contributed by atoms with Crippen LogP contribution in [0.2, 0.25) is 0 Å². The fraction of sp³-hybridized carbons (Fsp3) is 0.400. The Balaban J connectivity index is 1.90. The molecule has 0 heterocycles. The van der Waals surface area contributed by atoms with E-state index in [0.717, 1.165) is 42.6 Å². The van der Waals surface area contributed by atoms with Crippen LogP contribution in [0, 0.1) is 0 Å². The Morgan fingerprint density at radius 3 is 1.97 bits per heavy atom. The van der Waals surface area contributed by atoms with Crippen LogP contribution in [0.25, 0.3) is 0 Å². The molecule has 0 aromatic heterocycles. The number of nitrogens with one attached hydrogen (secondary N) is 1. The highest BCUT2D eigenvalue weighted by Gasteiger charge is 2.41. The lowest BCUT2D eigenvalue weighted by atomic mass is 9.98. The minimum absolute atomic E-state index is 0.0785. The molecule has 0 saturated heterocycles. The molecule has 2 atom stereocenters. The highest BCUT2D eigenvalue weighted by atomic mass is 31.2. The van der Waals surface area contributed by atoms with Gasteiger partial charge in [-0.25, -0.2) is 0 Å². The summed E-state index contributed by atoms with van der Waals surface area (Å²) in [6, 6.07) is 21.3. The van der Waals surface area contributed by atoms with E-state index in [9.17, 15) is 0 Å². The maximum atomic E-state index is 15.4. The van der Waals surface area contributed by atoms with Crippen LogP contribution in [-0.4, -0.2) is 41.5 Å². The van der Waals surface area contributed by atoms with E-state index in [1.165, 1.54) is 6.42 Å². The first-order valence-electron chi connectivity index (χ1n) is 13.1. The summed E-state index contributed by atoms with van der Waals surface area (Å²) in [6.45, 7) is 0. The van der Waals surface area contributed by atoms with E-state index >= 15 is 4.57 Å². The lowest BCUT2D eigenvalue weighted by Gasteiger charge is -2.34. The van der Waals surface area contributed by atoms with Gasteiger partial charge in [0.1, 0.15) is 5.78 Å². The zero-order valence-corrected chi connectivity index (χ0v) is 23.9. The number of benzene rings is 3. The largest absolute Gasteiger partial charge is 0.493 e. The highest BCUT2D eigenvalue weighted by molar-refractivity contribution is 7.67. The average molecular weight is 539 g/mol. The van der Waals surface area contributed by atoms with Gasteiger partial charge in [0, 0.05) is 30.8 Å². The number of anilines is 2. The molecule has 0 radical (unpaired) electrons. The van der Waals surface area contributed by atoms with E-state index in [1.54, 1.807) is 21.3 Å². The maximum Gasteiger partial charge on any atom is 0.258 e. The third kappa shape index (κ3) is 6.11. The van der Waals surface area contributed by atoms with Crippen molar-refractivity contribution in [2.45, 2.75) is 44.0 Å². The minimum Gasteiger partial charge on any atom is -0.493 e. The molecule has 1 fully saturated rings. The van der Waals surface area contributed by atoms with Gasteiger partial charge in [0.05, 0.1) is 27.4 Å². The summed E-state index contributed by atoms with van der Waals surface area (Å²) < 4.78 is 39.0. The van der Waals surface area contributed by atoms with Crippen molar-refractivity contribution in [1.82, 2.24) is 0 Å². The summed E-state index contributed by atoms with van der Waals surface area (Å²) >= 11 is 0. The molecule has 204 valence electrons. The predicted octanol–water partition coefficient (Wildman–Crippen LogP) is 6.84. The molecule has 3 aromatic rings. The Kier molecular flexibility index (Phi) is 9.24. The van der Waals surface area contributed by atoms with Crippen molar-refractivity contribution in [3.8, 4) is 17.2 Å². The zero-order chi connectivity index (χ0) is 27.1. The molecular weight excluding hydrogens is 499 g/mol. The molecule has 1 saturated carbocycles. The first kappa shape index (κ1) is 27.9. The van der Waals surface area contributed by atoms with Crippen molar-refractivity contribution < 1.29 is 23.3 Å². The van der Waals surface area contributed by atoms with Gasteiger partial charge in [0.15, 0.2) is 11.5 Å². The number of nitrogens with zero attached hydrogens (tertiary/aromatic N) is 1. The molecular formula is C30H39N2O5P. The summed E-state index contributed by atoms with van der Waals surface area (Å²) in [4.78, 5) is 2.02.